The van der Waals surface area contributed by atoms with E-state index in [1.165, 1.54) is 5.57 Å². The van der Waals surface area contributed by atoms with Gasteiger partial charge in [-0.25, -0.2) is 0 Å². The molecule has 2 N–H and O–H groups in total. The molecule has 1 saturated heterocycles. The summed E-state index contributed by atoms with van der Waals surface area (Å²) < 4.78 is 0. The average Bonchev–Trinajstić information content (AvgIpc) is 2.44. The van der Waals surface area contributed by atoms with Crippen molar-refractivity contribution in [3.05, 3.63) is 47.1 Å². The highest BCUT2D eigenvalue weighted by Gasteiger charge is 2.30. The van der Waals surface area contributed by atoms with E-state index in [0.717, 1.165) is 43.5 Å². The van der Waals surface area contributed by atoms with Crippen molar-refractivity contribution in [2.45, 2.75) is 39.0 Å². The van der Waals surface area contributed by atoms with Crippen LogP contribution in [-0.4, -0.2) is 35.3 Å². The van der Waals surface area contributed by atoms with Gasteiger partial charge in [-0.2, -0.15) is 0 Å². The number of likely N-dealkylation sites (tertiary alicyclic amines) is 1. The van der Waals surface area contributed by atoms with Gasteiger partial charge in [0.1, 0.15) is 11.5 Å². The van der Waals surface area contributed by atoms with E-state index in [1.807, 2.05) is 19.1 Å². The molecule has 0 bridgehead atoms. The normalized spacial score (nSPS) is 25.2. The predicted octanol–water partition coefficient (Wildman–Crippen LogP) is 4.22. The van der Waals surface area contributed by atoms with Crippen molar-refractivity contribution in [1.29, 1.82) is 0 Å². The van der Waals surface area contributed by atoms with Crippen molar-refractivity contribution in [1.82, 2.24) is 4.90 Å². The molecular formula is C21H29NO2. The lowest BCUT2D eigenvalue weighted by atomic mass is 9.73. The summed E-state index contributed by atoms with van der Waals surface area (Å²) in [4.78, 5) is 2.28. The van der Waals surface area contributed by atoms with E-state index >= 15 is 0 Å². The van der Waals surface area contributed by atoms with E-state index < -0.39 is 0 Å². The summed E-state index contributed by atoms with van der Waals surface area (Å²) in [5.74, 6) is 1.36. The smallest absolute Gasteiger partial charge is 0.123 e. The van der Waals surface area contributed by atoms with Gasteiger partial charge in [0.15, 0.2) is 0 Å². The molecule has 0 radical (unpaired) electrons. The third kappa shape index (κ3) is 3.36. The van der Waals surface area contributed by atoms with Crippen LogP contribution in [-0.2, 0) is 6.42 Å². The Balaban J connectivity index is 1.89. The molecule has 0 unspecified atom stereocenters. The first kappa shape index (κ1) is 17.1. The molecule has 1 aliphatic heterocycles. The fourth-order valence-corrected chi connectivity index (χ4v) is 4.34. The minimum absolute atomic E-state index is 0.0140. The Labute approximate surface area is 145 Å². The maximum absolute atomic E-state index is 10.6. The molecule has 1 fully saturated rings. The Morgan fingerprint density at radius 3 is 2.42 bits per heavy atom. The molecule has 1 heterocycles. The number of benzene rings is 1. The third-order valence-corrected chi connectivity index (χ3v) is 5.57. The van der Waals surface area contributed by atoms with Gasteiger partial charge in [-0.15, -0.1) is 0 Å². The number of nitrogens with zero attached hydrogens (tertiary/aromatic N) is 1. The van der Waals surface area contributed by atoms with Gasteiger partial charge in [0.25, 0.3) is 0 Å². The molecule has 0 spiro atoms. The highest BCUT2D eigenvalue weighted by molar-refractivity contribution is 5.52. The lowest BCUT2D eigenvalue weighted by Crippen LogP contribution is -2.44. The Morgan fingerprint density at radius 1 is 1.25 bits per heavy atom. The van der Waals surface area contributed by atoms with Gasteiger partial charge in [-0.05, 0) is 69.7 Å². The lowest BCUT2D eigenvalue weighted by molar-refractivity contribution is 0.134. The number of hydrogen-bond donors (Lipinski definition) is 2. The quantitative estimate of drug-likeness (QED) is 0.814. The minimum atomic E-state index is 0.0140. The van der Waals surface area contributed by atoms with E-state index in [4.69, 9.17) is 0 Å². The number of rotatable bonds is 4. The first-order valence-corrected chi connectivity index (χ1v) is 8.91. The Kier molecular flexibility index (Phi) is 4.73. The molecule has 1 aromatic carbocycles. The molecule has 3 nitrogen and oxygen atoms in total. The summed E-state index contributed by atoms with van der Waals surface area (Å²) >= 11 is 0. The van der Waals surface area contributed by atoms with E-state index in [2.05, 4.69) is 31.5 Å². The highest BCUT2D eigenvalue weighted by atomic mass is 16.3. The molecule has 2 aliphatic rings. The molecule has 2 atom stereocenters. The molecule has 0 aromatic heterocycles. The standard InChI is InChI=1S/C21H29NO2/c1-13(2)17-6-5-14(3)7-18(17)21-19(23)9-15(10-20(21)24)8-16-11-22(4)12-16/h7,9-10,16-18,23-24H,1,5-6,8,11-12H2,2-4H3/t17-,18+/m0/s1. The first-order valence-electron chi connectivity index (χ1n) is 8.91. The summed E-state index contributed by atoms with van der Waals surface area (Å²) in [5, 5.41) is 21.3. The molecular weight excluding hydrogens is 298 g/mol. The van der Waals surface area contributed by atoms with Gasteiger partial charge >= 0.3 is 0 Å². The molecule has 3 rings (SSSR count). The van der Waals surface area contributed by atoms with Crippen molar-refractivity contribution in [3.63, 3.8) is 0 Å². The second-order valence-corrected chi connectivity index (χ2v) is 7.87. The number of phenolic OH excluding ortho intramolecular Hbond substituents is 2. The van der Waals surface area contributed by atoms with Gasteiger partial charge in [0.05, 0.1) is 0 Å². The SMILES string of the molecule is C=C(C)[C@@H]1CCC(C)=C[C@H]1c1c(O)cc(CC2CN(C)C2)cc1O. The van der Waals surface area contributed by atoms with E-state index in [-0.39, 0.29) is 23.3 Å². The fraction of sp³-hybridized carbons (Fsp3) is 0.524. The van der Waals surface area contributed by atoms with E-state index in [0.29, 0.717) is 11.5 Å². The third-order valence-electron chi connectivity index (χ3n) is 5.57. The van der Waals surface area contributed by atoms with Crippen LogP contribution in [0.1, 0.15) is 43.7 Å². The molecule has 24 heavy (non-hydrogen) atoms. The molecule has 1 aromatic rings. The number of hydrogen-bond acceptors (Lipinski definition) is 3. The van der Waals surface area contributed by atoms with E-state index in [1.54, 1.807) is 0 Å². The van der Waals surface area contributed by atoms with Crippen LogP contribution < -0.4 is 0 Å². The molecule has 0 saturated carbocycles. The van der Waals surface area contributed by atoms with Crippen molar-refractivity contribution in [2.75, 3.05) is 20.1 Å². The second kappa shape index (κ2) is 6.64. The second-order valence-electron chi connectivity index (χ2n) is 7.87. The number of aromatic hydroxyl groups is 2. The van der Waals surface area contributed by atoms with Crippen LogP contribution in [0.2, 0.25) is 0 Å². The monoisotopic (exact) mass is 327 g/mol. The summed E-state index contributed by atoms with van der Waals surface area (Å²) in [7, 11) is 2.12. The van der Waals surface area contributed by atoms with Crippen LogP contribution in [0.15, 0.2) is 35.9 Å². The predicted molar refractivity (Wildman–Crippen MR) is 98.5 cm³/mol. The zero-order chi connectivity index (χ0) is 17.4. The zero-order valence-electron chi connectivity index (χ0n) is 15.0. The summed E-state index contributed by atoms with van der Waals surface area (Å²) in [5.41, 5.74) is 4.12. The van der Waals surface area contributed by atoms with Crippen LogP contribution in [0, 0.1) is 11.8 Å². The fourth-order valence-electron chi connectivity index (χ4n) is 4.34. The van der Waals surface area contributed by atoms with Crippen molar-refractivity contribution in [2.24, 2.45) is 11.8 Å². The topological polar surface area (TPSA) is 43.7 Å². The minimum Gasteiger partial charge on any atom is -0.507 e. The number of allylic oxidation sites excluding steroid dienone is 3. The summed E-state index contributed by atoms with van der Waals surface area (Å²) in [6.45, 7) is 10.5. The van der Waals surface area contributed by atoms with Crippen LogP contribution in [0.5, 0.6) is 11.5 Å². The molecule has 3 heteroatoms. The number of phenols is 2. The Morgan fingerprint density at radius 2 is 1.88 bits per heavy atom. The van der Waals surface area contributed by atoms with Gasteiger partial charge in [-0.1, -0.05) is 23.8 Å². The highest BCUT2D eigenvalue weighted by Crippen LogP contribution is 2.46. The Bertz CT molecular complexity index is 647. The maximum Gasteiger partial charge on any atom is 0.123 e. The lowest BCUT2D eigenvalue weighted by Gasteiger charge is -2.36. The van der Waals surface area contributed by atoms with Crippen molar-refractivity contribution in [3.8, 4) is 11.5 Å². The van der Waals surface area contributed by atoms with Crippen LogP contribution in [0.3, 0.4) is 0 Å². The van der Waals surface area contributed by atoms with Crippen LogP contribution in [0.4, 0.5) is 0 Å². The maximum atomic E-state index is 10.6. The van der Waals surface area contributed by atoms with Gasteiger partial charge < -0.3 is 15.1 Å². The zero-order valence-corrected chi connectivity index (χ0v) is 15.0. The largest absolute Gasteiger partial charge is 0.507 e. The molecule has 130 valence electrons. The van der Waals surface area contributed by atoms with Gasteiger partial charge in [0.2, 0.25) is 0 Å². The average molecular weight is 327 g/mol. The van der Waals surface area contributed by atoms with Crippen molar-refractivity contribution < 1.29 is 10.2 Å². The molecule has 1 aliphatic carbocycles. The van der Waals surface area contributed by atoms with Crippen molar-refractivity contribution >= 4 is 0 Å². The van der Waals surface area contributed by atoms with Crippen LogP contribution in [0.25, 0.3) is 0 Å². The van der Waals surface area contributed by atoms with E-state index in [9.17, 15) is 10.2 Å². The summed E-state index contributed by atoms with van der Waals surface area (Å²) in [6.07, 6.45) is 5.19. The molecule has 0 amide bonds. The Hall–Kier alpha value is -1.74. The summed E-state index contributed by atoms with van der Waals surface area (Å²) in [6, 6.07) is 3.70. The van der Waals surface area contributed by atoms with Crippen LogP contribution >= 0.6 is 0 Å². The first-order chi connectivity index (χ1) is 11.3. The van der Waals surface area contributed by atoms with Gasteiger partial charge in [0, 0.05) is 24.6 Å². The van der Waals surface area contributed by atoms with Gasteiger partial charge in [-0.3, -0.25) is 0 Å².